The maximum absolute atomic E-state index is 10.4. The second-order valence-electron chi connectivity index (χ2n) is 4.84. The Bertz CT molecular complexity index is 388. The Kier molecular flexibility index (Phi) is 3.75. The first-order valence-corrected chi connectivity index (χ1v) is 6.29. The molecular weight excluding hydrogens is 212 g/mol. The van der Waals surface area contributed by atoms with Crippen molar-refractivity contribution in [3.8, 4) is 6.07 Å². The Morgan fingerprint density at radius 1 is 1.24 bits per heavy atom. The minimum Gasteiger partial charge on any atom is -0.385 e. The fourth-order valence-corrected chi connectivity index (χ4v) is 2.63. The molecule has 3 heteroatoms. The molecule has 0 aliphatic heterocycles. The summed E-state index contributed by atoms with van der Waals surface area (Å²) in [5.74, 6) is 0. The average molecular weight is 230 g/mol. The summed E-state index contributed by atoms with van der Waals surface area (Å²) in [5.41, 5.74) is -0.0128. The van der Waals surface area contributed by atoms with Gasteiger partial charge in [0.25, 0.3) is 0 Å². The van der Waals surface area contributed by atoms with Crippen molar-refractivity contribution in [3.63, 3.8) is 0 Å². The van der Waals surface area contributed by atoms with Gasteiger partial charge in [-0.05, 0) is 25.0 Å². The number of hydrogen-bond donors (Lipinski definition) is 1. The van der Waals surface area contributed by atoms with Crippen LogP contribution in [0.4, 0.5) is 0 Å². The highest BCUT2D eigenvalue weighted by atomic mass is 16.3. The van der Waals surface area contributed by atoms with Gasteiger partial charge in [0.1, 0.15) is 6.10 Å². The zero-order valence-corrected chi connectivity index (χ0v) is 9.97. The molecule has 1 unspecified atom stereocenters. The van der Waals surface area contributed by atoms with Gasteiger partial charge in [-0.1, -0.05) is 31.7 Å². The van der Waals surface area contributed by atoms with Crippen LogP contribution in [0.2, 0.25) is 0 Å². The van der Waals surface area contributed by atoms with E-state index in [9.17, 15) is 10.4 Å². The summed E-state index contributed by atoms with van der Waals surface area (Å²) in [4.78, 5) is 4.18. The van der Waals surface area contributed by atoms with Crippen molar-refractivity contribution in [1.82, 2.24) is 4.98 Å². The summed E-state index contributed by atoms with van der Waals surface area (Å²) in [6.07, 6.45) is 6.85. The van der Waals surface area contributed by atoms with E-state index in [0.717, 1.165) is 25.7 Å². The molecule has 1 N–H and O–H groups in total. The highest BCUT2D eigenvalue weighted by molar-refractivity contribution is 5.16. The first-order chi connectivity index (χ1) is 8.28. The van der Waals surface area contributed by atoms with Crippen molar-refractivity contribution in [1.29, 1.82) is 5.26 Å². The van der Waals surface area contributed by atoms with Crippen LogP contribution < -0.4 is 0 Å². The number of nitriles is 1. The highest BCUT2D eigenvalue weighted by Gasteiger charge is 2.39. The lowest BCUT2D eigenvalue weighted by Gasteiger charge is -2.30. The molecule has 0 aromatic carbocycles. The molecular formula is C14H18N2O. The van der Waals surface area contributed by atoms with Crippen molar-refractivity contribution in [2.75, 3.05) is 0 Å². The van der Waals surface area contributed by atoms with Crippen LogP contribution in [0.15, 0.2) is 24.4 Å². The van der Waals surface area contributed by atoms with Gasteiger partial charge in [0, 0.05) is 6.20 Å². The average Bonchev–Trinajstić information content (AvgIpc) is 2.65. The summed E-state index contributed by atoms with van der Waals surface area (Å²) in [6, 6.07) is 7.84. The molecule has 0 radical (unpaired) electrons. The van der Waals surface area contributed by atoms with Crippen molar-refractivity contribution in [2.45, 2.75) is 44.6 Å². The smallest absolute Gasteiger partial charge is 0.114 e. The number of nitrogens with zero attached hydrogens (tertiary/aromatic N) is 2. The SMILES string of the molecule is N#CC1(C(O)c2ccccn2)CCCCCC1. The van der Waals surface area contributed by atoms with E-state index in [1.54, 1.807) is 12.3 Å². The molecule has 1 aromatic heterocycles. The zero-order valence-electron chi connectivity index (χ0n) is 9.97. The number of hydrogen-bond acceptors (Lipinski definition) is 3. The van der Waals surface area contributed by atoms with E-state index in [1.807, 2.05) is 12.1 Å². The molecule has 1 aromatic rings. The normalized spacial score (nSPS) is 21.2. The molecule has 0 amide bonds. The number of pyridine rings is 1. The first-order valence-electron chi connectivity index (χ1n) is 6.29. The third-order valence-corrected chi connectivity index (χ3v) is 3.71. The van der Waals surface area contributed by atoms with E-state index in [4.69, 9.17) is 0 Å². The van der Waals surface area contributed by atoms with Crippen molar-refractivity contribution in [2.24, 2.45) is 5.41 Å². The van der Waals surface area contributed by atoms with Crippen LogP contribution in [0, 0.1) is 16.7 Å². The Labute approximate surface area is 102 Å². The van der Waals surface area contributed by atoms with Crippen LogP contribution in [0.1, 0.15) is 50.3 Å². The number of aromatic nitrogens is 1. The van der Waals surface area contributed by atoms with Gasteiger partial charge < -0.3 is 5.11 Å². The minimum atomic E-state index is -0.758. The molecule has 1 saturated carbocycles. The van der Waals surface area contributed by atoms with E-state index < -0.39 is 11.5 Å². The molecule has 1 aliphatic rings. The Morgan fingerprint density at radius 2 is 1.94 bits per heavy atom. The topological polar surface area (TPSA) is 56.9 Å². The van der Waals surface area contributed by atoms with Crippen LogP contribution in [0.25, 0.3) is 0 Å². The molecule has 0 bridgehead atoms. The molecule has 3 nitrogen and oxygen atoms in total. The van der Waals surface area contributed by atoms with Crippen molar-refractivity contribution in [3.05, 3.63) is 30.1 Å². The molecule has 1 fully saturated rings. The lowest BCUT2D eigenvalue weighted by molar-refractivity contribution is 0.0481. The Balaban J connectivity index is 2.25. The van der Waals surface area contributed by atoms with E-state index in [2.05, 4.69) is 11.1 Å². The van der Waals surface area contributed by atoms with Gasteiger partial charge in [-0.3, -0.25) is 4.98 Å². The van der Waals surface area contributed by atoms with Crippen LogP contribution in [-0.4, -0.2) is 10.1 Å². The first kappa shape index (κ1) is 12.1. The monoisotopic (exact) mass is 230 g/mol. The summed E-state index contributed by atoms with van der Waals surface area (Å²) >= 11 is 0. The van der Waals surface area contributed by atoms with Crippen molar-refractivity contribution < 1.29 is 5.11 Å². The molecule has 1 aliphatic carbocycles. The largest absolute Gasteiger partial charge is 0.385 e. The van der Waals surface area contributed by atoms with Crippen molar-refractivity contribution >= 4 is 0 Å². The highest BCUT2D eigenvalue weighted by Crippen LogP contribution is 2.43. The predicted molar refractivity (Wildman–Crippen MR) is 64.9 cm³/mol. The van der Waals surface area contributed by atoms with Gasteiger partial charge >= 0.3 is 0 Å². The molecule has 1 heterocycles. The van der Waals surface area contributed by atoms with E-state index in [-0.39, 0.29) is 0 Å². The summed E-state index contributed by atoms with van der Waals surface area (Å²) in [5, 5.41) is 19.9. The molecule has 0 saturated heterocycles. The molecule has 2 rings (SSSR count). The van der Waals surface area contributed by atoms with E-state index >= 15 is 0 Å². The van der Waals surface area contributed by atoms with Crippen LogP contribution in [-0.2, 0) is 0 Å². The lowest BCUT2D eigenvalue weighted by atomic mass is 9.75. The maximum atomic E-state index is 10.4. The van der Waals surface area contributed by atoms with Gasteiger partial charge in [0.2, 0.25) is 0 Å². The van der Waals surface area contributed by atoms with Gasteiger partial charge in [0.15, 0.2) is 0 Å². The quantitative estimate of drug-likeness (QED) is 0.794. The maximum Gasteiger partial charge on any atom is 0.114 e. The van der Waals surface area contributed by atoms with Gasteiger partial charge in [-0.25, -0.2) is 0 Å². The number of aliphatic hydroxyl groups is 1. The third kappa shape index (κ3) is 2.48. The standard InChI is InChI=1S/C14H18N2O/c15-11-14(8-4-1-2-5-9-14)13(17)12-7-3-6-10-16-12/h3,6-7,10,13,17H,1-2,4-5,8-9H2. The lowest BCUT2D eigenvalue weighted by Crippen LogP contribution is -2.27. The van der Waals surface area contributed by atoms with Gasteiger partial charge in [-0.15, -0.1) is 0 Å². The number of rotatable bonds is 2. The Morgan fingerprint density at radius 3 is 2.47 bits per heavy atom. The zero-order chi connectivity index (χ0) is 12.1. The molecule has 90 valence electrons. The van der Waals surface area contributed by atoms with E-state index in [0.29, 0.717) is 5.69 Å². The summed E-state index contributed by atoms with van der Waals surface area (Å²) in [7, 11) is 0. The molecule has 1 atom stereocenters. The van der Waals surface area contributed by atoms with Crippen LogP contribution >= 0.6 is 0 Å². The van der Waals surface area contributed by atoms with Crippen LogP contribution in [0.3, 0.4) is 0 Å². The fourth-order valence-electron chi connectivity index (χ4n) is 2.63. The number of aliphatic hydroxyl groups excluding tert-OH is 1. The predicted octanol–water partition coefficient (Wildman–Crippen LogP) is 2.98. The second kappa shape index (κ2) is 5.29. The Hall–Kier alpha value is -1.40. The molecule has 0 spiro atoms. The fraction of sp³-hybridized carbons (Fsp3) is 0.571. The third-order valence-electron chi connectivity index (χ3n) is 3.71. The molecule has 17 heavy (non-hydrogen) atoms. The minimum absolute atomic E-state index is 0.621. The van der Waals surface area contributed by atoms with E-state index in [1.165, 1.54) is 12.8 Å². The summed E-state index contributed by atoms with van der Waals surface area (Å²) < 4.78 is 0. The second-order valence-corrected chi connectivity index (χ2v) is 4.84. The summed E-state index contributed by atoms with van der Waals surface area (Å²) in [6.45, 7) is 0. The van der Waals surface area contributed by atoms with Gasteiger partial charge in [0.05, 0.1) is 17.2 Å². The van der Waals surface area contributed by atoms with Gasteiger partial charge in [-0.2, -0.15) is 5.26 Å². The van der Waals surface area contributed by atoms with Crippen LogP contribution in [0.5, 0.6) is 0 Å².